The van der Waals surface area contributed by atoms with E-state index in [0.29, 0.717) is 12.5 Å². The zero-order valence-electron chi connectivity index (χ0n) is 15.1. The average molecular weight is 371 g/mol. The molecule has 0 unspecified atom stereocenters. The molecule has 0 saturated carbocycles. The van der Waals surface area contributed by atoms with Crippen molar-refractivity contribution in [2.75, 3.05) is 42.6 Å². The van der Waals surface area contributed by atoms with Crippen LogP contribution in [-0.4, -0.2) is 53.6 Å². The molecule has 1 aromatic carbocycles. The molecule has 0 aliphatic carbocycles. The molecule has 1 fully saturated rings. The number of ether oxygens (including phenoxy) is 1. The Labute approximate surface area is 156 Å². The lowest BCUT2D eigenvalue weighted by molar-refractivity contribution is -0.385. The molecule has 0 radical (unpaired) electrons. The molecular weight excluding hydrogens is 350 g/mol. The Kier molecular flexibility index (Phi) is 5.80. The van der Waals surface area contributed by atoms with Crippen molar-refractivity contribution in [2.45, 2.75) is 13.3 Å². The van der Waals surface area contributed by atoms with Crippen LogP contribution in [-0.2, 0) is 4.74 Å². The zero-order chi connectivity index (χ0) is 19.2. The summed E-state index contributed by atoms with van der Waals surface area (Å²) in [5, 5.41) is 11.2. The summed E-state index contributed by atoms with van der Waals surface area (Å²) < 4.78 is 4.97. The molecule has 1 aliphatic heterocycles. The fraction of sp³-hybridized carbons (Fsp3) is 0.389. The summed E-state index contributed by atoms with van der Waals surface area (Å²) in [4.78, 5) is 35.6. The minimum Gasteiger partial charge on any atom is -0.462 e. The van der Waals surface area contributed by atoms with Gasteiger partial charge in [0.1, 0.15) is 5.56 Å². The fourth-order valence-corrected chi connectivity index (χ4v) is 3.08. The molecule has 2 heterocycles. The summed E-state index contributed by atoms with van der Waals surface area (Å²) in [5.74, 6) is 0.00967. The first kappa shape index (κ1) is 18.6. The Morgan fingerprint density at radius 1 is 1.19 bits per heavy atom. The molecule has 1 aliphatic rings. The summed E-state index contributed by atoms with van der Waals surface area (Å²) in [7, 11) is 0. The molecule has 27 heavy (non-hydrogen) atoms. The number of hydrogen-bond donors (Lipinski definition) is 0. The van der Waals surface area contributed by atoms with Crippen molar-refractivity contribution in [1.29, 1.82) is 0 Å². The molecule has 1 aromatic heterocycles. The fourth-order valence-electron chi connectivity index (χ4n) is 3.08. The van der Waals surface area contributed by atoms with E-state index in [2.05, 4.69) is 19.8 Å². The number of hydrogen-bond acceptors (Lipinski definition) is 8. The van der Waals surface area contributed by atoms with Crippen LogP contribution >= 0.6 is 0 Å². The lowest BCUT2D eigenvalue weighted by Crippen LogP contribution is -2.31. The second-order valence-electron chi connectivity index (χ2n) is 6.06. The first-order valence-corrected chi connectivity index (χ1v) is 8.82. The molecule has 9 heteroatoms. The molecule has 1 saturated heterocycles. The standard InChI is InChI=1S/C18H21N5O4/c1-2-27-17(24)15-13-14(5-6-16(15)23(25)26)21-9-4-10-22(12-11-21)18-19-7-3-8-20-18/h3,5-8,13H,2,4,9-12H2,1H3. The number of anilines is 2. The summed E-state index contributed by atoms with van der Waals surface area (Å²) in [5.41, 5.74) is 0.498. The van der Waals surface area contributed by atoms with Gasteiger partial charge in [0, 0.05) is 50.3 Å². The highest BCUT2D eigenvalue weighted by atomic mass is 16.6. The molecule has 0 atom stereocenters. The predicted octanol–water partition coefficient (Wildman–Crippen LogP) is 2.28. The highest BCUT2D eigenvalue weighted by molar-refractivity contribution is 5.95. The van der Waals surface area contributed by atoms with Gasteiger partial charge < -0.3 is 14.5 Å². The number of aromatic nitrogens is 2. The van der Waals surface area contributed by atoms with Crippen LogP contribution < -0.4 is 9.80 Å². The summed E-state index contributed by atoms with van der Waals surface area (Å²) >= 11 is 0. The van der Waals surface area contributed by atoms with E-state index in [9.17, 15) is 14.9 Å². The van der Waals surface area contributed by atoms with Gasteiger partial charge in [-0.25, -0.2) is 14.8 Å². The van der Waals surface area contributed by atoms with Crippen LogP contribution in [0.5, 0.6) is 0 Å². The van der Waals surface area contributed by atoms with Crippen LogP contribution in [0.4, 0.5) is 17.3 Å². The topological polar surface area (TPSA) is 102 Å². The minimum absolute atomic E-state index is 0.0214. The highest BCUT2D eigenvalue weighted by Crippen LogP contribution is 2.27. The minimum atomic E-state index is -0.680. The Hall–Kier alpha value is -3.23. The number of nitro benzene ring substituents is 1. The van der Waals surface area contributed by atoms with E-state index < -0.39 is 10.9 Å². The van der Waals surface area contributed by atoms with E-state index in [1.807, 2.05) is 0 Å². The molecule has 0 bridgehead atoms. The molecule has 0 spiro atoms. The summed E-state index contributed by atoms with van der Waals surface area (Å²) in [6.45, 7) is 4.83. The van der Waals surface area contributed by atoms with Gasteiger partial charge in [-0.15, -0.1) is 0 Å². The largest absolute Gasteiger partial charge is 0.462 e. The van der Waals surface area contributed by atoms with Gasteiger partial charge in [0.05, 0.1) is 11.5 Å². The molecule has 0 amide bonds. The quantitative estimate of drug-likeness (QED) is 0.448. The number of rotatable bonds is 5. The maximum atomic E-state index is 12.1. The first-order valence-electron chi connectivity index (χ1n) is 8.82. The Morgan fingerprint density at radius 3 is 2.59 bits per heavy atom. The third kappa shape index (κ3) is 4.30. The number of carbonyl (C=O) groups is 1. The third-order valence-corrected chi connectivity index (χ3v) is 4.37. The van der Waals surface area contributed by atoms with Crippen molar-refractivity contribution in [3.63, 3.8) is 0 Å². The predicted molar refractivity (Wildman–Crippen MR) is 100 cm³/mol. The Balaban J connectivity index is 1.80. The van der Waals surface area contributed by atoms with Crippen molar-refractivity contribution in [3.05, 3.63) is 52.3 Å². The first-order chi connectivity index (χ1) is 13.1. The van der Waals surface area contributed by atoms with Gasteiger partial charge >= 0.3 is 5.97 Å². The van der Waals surface area contributed by atoms with Crippen LogP contribution in [0, 0.1) is 10.1 Å². The van der Waals surface area contributed by atoms with Gasteiger partial charge in [-0.1, -0.05) is 0 Å². The van der Waals surface area contributed by atoms with Crippen LogP contribution in [0.25, 0.3) is 0 Å². The van der Waals surface area contributed by atoms with Gasteiger partial charge in [-0.2, -0.15) is 0 Å². The van der Waals surface area contributed by atoms with Gasteiger partial charge in [-0.05, 0) is 31.5 Å². The molecule has 2 aromatic rings. The van der Waals surface area contributed by atoms with Crippen molar-refractivity contribution < 1.29 is 14.5 Å². The number of nitrogens with zero attached hydrogens (tertiary/aromatic N) is 5. The number of esters is 1. The molecule has 3 rings (SSSR count). The zero-order valence-corrected chi connectivity index (χ0v) is 15.1. The highest BCUT2D eigenvalue weighted by Gasteiger charge is 2.24. The van der Waals surface area contributed by atoms with Crippen LogP contribution in [0.15, 0.2) is 36.7 Å². The monoisotopic (exact) mass is 371 g/mol. The van der Waals surface area contributed by atoms with E-state index in [1.165, 1.54) is 6.07 Å². The Morgan fingerprint density at radius 2 is 1.89 bits per heavy atom. The van der Waals surface area contributed by atoms with Gasteiger partial charge in [0.2, 0.25) is 5.95 Å². The number of benzene rings is 1. The van der Waals surface area contributed by atoms with Crippen molar-refractivity contribution in [3.8, 4) is 0 Å². The average Bonchev–Trinajstić information content (AvgIpc) is 2.94. The van der Waals surface area contributed by atoms with E-state index in [1.54, 1.807) is 37.5 Å². The van der Waals surface area contributed by atoms with E-state index in [-0.39, 0.29) is 17.9 Å². The number of carbonyl (C=O) groups excluding carboxylic acids is 1. The van der Waals surface area contributed by atoms with E-state index >= 15 is 0 Å². The van der Waals surface area contributed by atoms with Gasteiger partial charge in [-0.3, -0.25) is 10.1 Å². The van der Waals surface area contributed by atoms with Crippen molar-refractivity contribution in [1.82, 2.24) is 9.97 Å². The van der Waals surface area contributed by atoms with Gasteiger partial charge in [0.15, 0.2) is 0 Å². The third-order valence-electron chi connectivity index (χ3n) is 4.37. The molecule has 0 N–H and O–H groups in total. The van der Waals surface area contributed by atoms with Crippen LogP contribution in [0.1, 0.15) is 23.7 Å². The lowest BCUT2D eigenvalue weighted by Gasteiger charge is -2.24. The van der Waals surface area contributed by atoms with Crippen LogP contribution in [0.3, 0.4) is 0 Å². The van der Waals surface area contributed by atoms with Crippen LogP contribution in [0.2, 0.25) is 0 Å². The smallest absolute Gasteiger partial charge is 0.345 e. The molecular formula is C18H21N5O4. The van der Waals surface area contributed by atoms with Gasteiger partial charge in [0.25, 0.3) is 5.69 Å². The lowest BCUT2D eigenvalue weighted by atomic mass is 10.1. The van der Waals surface area contributed by atoms with Crippen molar-refractivity contribution >= 4 is 23.3 Å². The van der Waals surface area contributed by atoms with E-state index in [0.717, 1.165) is 31.7 Å². The van der Waals surface area contributed by atoms with E-state index in [4.69, 9.17) is 4.74 Å². The number of nitro groups is 1. The van der Waals surface area contributed by atoms with Crippen molar-refractivity contribution in [2.24, 2.45) is 0 Å². The summed E-state index contributed by atoms with van der Waals surface area (Å²) in [6, 6.07) is 6.37. The SMILES string of the molecule is CCOC(=O)c1cc(N2CCCN(c3ncccn3)CC2)ccc1[N+](=O)[O-]. The summed E-state index contributed by atoms with van der Waals surface area (Å²) in [6.07, 6.45) is 4.31. The second-order valence-corrected chi connectivity index (χ2v) is 6.06. The molecule has 142 valence electrons. The normalized spacial score (nSPS) is 14.6. The second kappa shape index (κ2) is 8.43. The molecule has 9 nitrogen and oxygen atoms in total. The maximum Gasteiger partial charge on any atom is 0.345 e. The Bertz CT molecular complexity index is 815. The maximum absolute atomic E-state index is 12.1.